The second kappa shape index (κ2) is 4.28. The van der Waals surface area contributed by atoms with E-state index in [1.807, 2.05) is 6.92 Å². The summed E-state index contributed by atoms with van der Waals surface area (Å²) in [5.74, 6) is -3.87. The van der Waals surface area contributed by atoms with Crippen molar-refractivity contribution in [3.63, 3.8) is 0 Å². The molecular weight excluding hydrogens is 282 g/mol. The van der Waals surface area contributed by atoms with Crippen molar-refractivity contribution < 1.29 is 18.7 Å². The SMILES string of the molecule is C[C@@H]1CCc2c(C(=O)O)c(=O)c3c(N)c(F)c(F)cc3n21. The van der Waals surface area contributed by atoms with Gasteiger partial charge in [0.2, 0.25) is 5.43 Å². The number of carboxylic acids is 1. The molecule has 0 unspecified atom stereocenters. The minimum Gasteiger partial charge on any atom is -0.477 e. The number of fused-ring (bicyclic) bond motifs is 3. The van der Waals surface area contributed by atoms with Gasteiger partial charge in [-0.25, -0.2) is 13.6 Å². The summed E-state index contributed by atoms with van der Waals surface area (Å²) in [5.41, 5.74) is 4.05. The number of nitrogen functional groups attached to an aromatic ring is 1. The molecule has 3 N–H and O–H groups in total. The van der Waals surface area contributed by atoms with E-state index < -0.39 is 34.3 Å². The monoisotopic (exact) mass is 294 g/mol. The van der Waals surface area contributed by atoms with Gasteiger partial charge in [0, 0.05) is 17.8 Å². The molecular formula is C14H12F2N2O3. The first-order valence-electron chi connectivity index (χ1n) is 6.42. The fraction of sp³-hybridized carbons (Fsp3) is 0.286. The van der Waals surface area contributed by atoms with Crippen molar-refractivity contribution in [3.05, 3.63) is 39.2 Å². The molecule has 0 amide bonds. The third-order valence-electron chi connectivity index (χ3n) is 3.98. The average Bonchev–Trinajstić information content (AvgIpc) is 2.77. The number of halogens is 2. The lowest BCUT2D eigenvalue weighted by atomic mass is 10.0. The standard InChI is InChI=1S/C14H12F2N2O3/c1-5-2-3-7-10(14(20)21)13(19)9-8(18(5)7)4-6(15)11(16)12(9)17/h4-5H,2-3,17H2,1H3,(H,20,21)/t5-/m1/s1. The van der Waals surface area contributed by atoms with Gasteiger partial charge in [-0.1, -0.05) is 0 Å². The number of carboxylic acid groups (broad SMARTS) is 1. The van der Waals surface area contributed by atoms with Crippen molar-refractivity contribution >= 4 is 22.6 Å². The van der Waals surface area contributed by atoms with Crippen LogP contribution in [0.25, 0.3) is 10.9 Å². The number of hydrogen-bond donors (Lipinski definition) is 2. The van der Waals surface area contributed by atoms with Gasteiger partial charge in [0.25, 0.3) is 0 Å². The molecule has 0 radical (unpaired) electrons. The lowest BCUT2D eigenvalue weighted by Gasteiger charge is -2.17. The van der Waals surface area contributed by atoms with Crippen LogP contribution >= 0.6 is 0 Å². The molecule has 2 aromatic rings. The van der Waals surface area contributed by atoms with Crippen LogP contribution in [0, 0.1) is 11.6 Å². The number of nitrogens with two attached hydrogens (primary N) is 1. The fourth-order valence-corrected chi connectivity index (χ4v) is 3.03. The molecule has 1 atom stereocenters. The maximum absolute atomic E-state index is 13.6. The first-order chi connectivity index (χ1) is 9.84. The van der Waals surface area contributed by atoms with Crippen LogP contribution in [0.5, 0.6) is 0 Å². The number of aromatic carboxylic acids is 1. The Bertz CT molecular complexity index is 858. The lowest BCUT2D eigenvalue weighted by molar-refractivity contribution is 0.0694. The number of rotatable bonds is 1. The Morgan fingerprint density at radius 1 is 1.48 bits per heavy atom. The molecule has 1 aliphatic rings. The fourth-order valence-electron chi connectivity index (χ4n) is 3.03. The number of carbonyl (C=O) groups is 1. The Morgan fingerprint density at radius 2 is 2.14 bits per heavy atom. The van der Waals surface area contributed by atoms with Gasteiger partial charge in [-0.3, -0.25) is 4.79 Å². The van der Waals surface area contributed by atoms with Gasteiger partial charge in [0.05, 0.1) is 16.6 Å². The highest BCUT2D eigenvalue weighted by atomic mass is 19.2. The van der Waals surface area contributed by atoms with Crippen molar-refractivity contribution in [1.29, 1.82) is 0 Å². The largest absolute Gasteiger partial charge is 0.477 e. The van der Waals surface area contributed by atoms with Crippen LogP contribution in [-0.2, 0) is 6.42 Å². The highest BCUT2D eigenvalue weighted by Crippen LogP contribution is 2.34. The summed E-state index contributed by atoms with van der Waals surface area (Å²) in [6.45, 7) is 1.82. The minimum absolute atomic E-state index is 0.120. The van der Waals surface area contributed by atoms with Gasteiger partial charge in [0.15, 0.2) is 11.6 Å². The Labute approximate surface area is 117 Å². The van der Waals surface area contributed by atoms with Crippen LogP contribution in [0.3, 0.4) is 0 Å². The second-order valence-electron chi connectivity index (χ2n) is 5.19. The summed E-state index contributed by atoms with van der Waals surface area (Å²) in [5, 5.41) is 8.99. The molecule has 0 saturated carbocycles. The molecule has 1 aromatic heterocycles. The molecule has 7 heteroatoms. The number of nitrogens with zero attached hydrogens (tertiary/aromatic N) is 1. The van der Waals surface area contributed by atoms with Crippen molar-refractivity contribution in [2.24, 2.45) is 0 Å². The van der Waals surface area contributed by atoms with Crippen LogP contribution in [0.2, 0.25) is 0 Å². The van der Waals surface area contributed by atoms with Gasteiger partial charge < -0.3 is 15.4 Å². The van der Waals surface area contributed by atoms with Crippen molar-refractivity contribution in [1.82, 2.24) is 4.57 Å². The molecule has 5 nitrogen and oxygen atoms in total. The molecule has 1 aromatic carbocycles. The summed E-state index contributed by atoms with van der Waals surface area (Å²) >= 11 is 0. The quantitative estimate of drug-likeness (QED) is 0.788. The molecule has 0 aliphatic carbocycles. The number of aromatic nitrogens is 1. The van der Waals surface area contributed by atoms with Crippen LogP contribution in [0.1, 0.15) is 35.4 Å². The summed E-state index contributed by atoms with van der Waals surface area (Å²) in [6, 6.07) is 0.782. The maximum atomic E-state index is 13.6. The molecule has 0 spiro atoms. The highest BCUT2D eigenvalue weighted by molar-refractivity contribution is 5.98. The van der Waals surface area contributed by atoms with E-state index in [1.54, 1.807) is 4.57 Å². The van der Waals surface area contributed by atoms with E-state index in [1.165, 1.54) is 0 Å². The van der Waals surface area contributed by atoms with Gasteiger partial charge in [0.1, 0.15) is 5.56 Å². The van der Waals surface area contributed by atoms with E-state index in [0.717, 1.165) is 6.07 Å². The Hall–Kier alpha value is -2.44. The number of benzene rings is 1. The second-order valence-corrected chi connectivity index (χ2v) is 5.19. The number of pyridine rings is 1. The average molecular weight is 294 g/mol. The molecule has 0 fully saturated rings. The third-order valence-corrected chi connectivity index (χ3v) is 3.98. The summed E-state index contributed by atoms with van der Waals surface area (Å²) in [7, 11) is 0. The molecule has 21 heavy (non-hydrogen) atoms. The van der Waals surface area contributed by atoms with E-state index in [4.69, 9.17) is 5.73 Å². The zero-order chi connectivity index (χ0) is 15.5. The van der Waals surface area contributed by atoms with Crippen LogP contribution in [0.15, 0.2) is 10.9 Å². The van der Waals surface area contributed by atoms with Crippen LogP contribution in [0.4, 0.5) is 14.5 Å². The Morgan fingerprint density at radius 3 is 2.76 bits per heavy atom. The highest BCUT2D eigenvalue weighted by Gasteiger charge is 2.30. The van der Waals surface area contributed by atoms with E-state index in [-0.39, 0.29) is 16.9 Å². The van der Waals surface area contributed by atoms with Crippen LogP contribution in [-0.4, -0.2) is 15.6 Å². The maximum Gasteiger partial charge on any atom is 0.341 e. The molecule has 2 heterocycles. The molecule has 110 valence electrons. The predicted octanol–water partition coefficient (Wildman–Crippen LogP) is 2.07. The third kappa shape index (κ3) is 1.66. The van der Waals surface area contributed by atoms with Gasteiger partial charge in [-0.15, -0.1) is 0 Å². The van der Waals surface area contributed by atoms with Gasteiger partial charge >= 0.3 is 5.97 Å². The van der Waals surface area contributed by atoms with E-state index in [0.29, 0.717) is 18.5 Å². The summed E-state index contributed by atoms with van der Waals surface area (Å²) in [4.78, 5) is 23.7. The Kier molecular flexibility index (Phi) is 2.76. The van der Waals surface area contributed by atoms with Crippen molar-refractivity contribution in [3.8, 4) is 0 Å². The molecule has 0 saturated heterocycles. The minimum atomic E-state index is -1.39. The van der Waals surface area contributed by atoms with Crippen molar-refractivity contribution in [2.45, 2.75) is 25.8 Å². The first kappa shape index (κ1) is 13.5. The zero-order valence-corrected chi connectivity index (χ0v) is 11.1. The van der Waals surface area contributed by atoms with Crippen LogP contribution < -0.4 is 11.2 Å². The van der Waals surface area contributed by atoms with Gasteiger partial charge in [-0.05, 0) is 19.8 Å². The number of anilines is 1. The summed E-state index contributed by atoms with van der Waals surface area (Å²) < 4.78 is 28.8. The zero-order valence-electron chi connectivity index (χ0n) is 11.1. The summed E-state index contributed by atoms with van der Waals surface area (Å²) in [6.07, 6.45) is 1.02. The molecule has 1 aliphatic heterocycles. The lowest BCUT2D eigenvalue weighted by Crippen LogP contribution is -2.23. The molecule has 3 rings (SSSR count). The topological polar surface area (TPSA) is 85.3 Å². The van der Waals surface area contributed by atoms with Crippen molar-refractivity contribution in [2.75, 3.05) is 5.73 Å². The van der Waals surface area contributed by atoms with Gasteiger partial charge in [-0.2, -0.15) is 0 Å². The number of hydrogen-bond acceptors (Lipinski definition) is 3. The van der Waals surface area contributed by atoms with E-state index >= 15 is 0 Å². The first-order valence-corrected chi connectivity index (χ1v) is 6.42. The predicted molar refractivity (Wildman–Crippen MR) is 72.5 cm³/mol. The Balaban J connectivity index is 2.63. The smallest absolute Gasteiger partial charge is 0.341 e. The van der Waals surface area contributed by atoms with E-state index in [9.17, 15) is 23.5 Å². The molecule has 0 bridgehead atoms. The van der Waals surface area contributed by atoms with E-state index in [2.05, 4.69) is 0 Å². The normalized spacial score (nSPS) is 17.2.